The van der Waals surface area contributed by atoms with Gasteiger partial charge in [0.05, 0.1) is 0 Å². The van der Waals surface area contributed by atoms with Crippen molar-refractivity contribution in [1.82, 2.24) is 15.8 Å². The van der Waals surface area contributed by atoms with Crippen LogP contribution in [0.2, 0.25) is 5.02 Å². The molecule has 3 amide bonds. The number of hydrazine groups is 1. The van der Waals surface area contributed by atoms with Gasteiger partial charge in [-0.15, -0.1) is 0 Å². The largest absolute Gasteiger partial charge is 0.339 e. The average Bonchev–Trinajstić information content (AvgIpc) is 2.82. The number of amides is 3. The zero-order chi connectivity index (χ0) is 21.8. The van der Waals surface area contributed by atoms with E-state index in [0.717, 1.165) is 10.8 Å². The molecule has 0 radical (unpaired) electrons. The molecule has 1 aliphatic rings. The summed E-state index contributed by atoms with van der Waals surface area (Å²) < 4.78 is 0. The first kappa shape index (κ1) is 20.9. The molecule has 0 aromatic heterocycles. The lowest BCUT2D eigenvalue weighted by molar-refractivity contribution is -0.127. The highest BCUT2D eigenvalue weighted by molar-refractivity contribution is 6.30. The topological polar surface area (TPSA) is 78.5 Å². The van der Waals surface area contributed by atoms with Crippen LogP contribution in [0.25, 0.3) is 10.8 Å². The summed E-state index contributed by atoms with van der Waals surface area (Å²) in [5.41, 5.74) is 6.00. The van der Waals surface area contributed by atoms with Crippen LogP contribution in [-0.2, 0) is 4.79 Å². The predicted octanol–water partition coefficient (Wildman–Crippen LogP) is 3.81. The highest BCUT2D eigenvalue weighted by Crippen LogP contribution is 2.23. The van der Waals surface area contributed by atoms with Crippen LogP contribution >= 0.6 is 11.6 Å². The second kappa shape index (κ2) is 9.18. The molecule has 1 fully saturated rings. The Morgan fingerprint density at radius 2 is 1.52 bits per heavy atom. The van der Waals surface area contributed by atoms with Crippen LogP contribution in [-0.4, -0.2) is 35.7 Å². The fourth-order valence-corrected chi connectivity index (χ4v) is 3.95. The minimum atomic E-state index is -0.409. The van der Waals surface area contributed by atoms with E-state index in [1.165, 1.54) is 0 Å². The Hall–Kier alpha value is -3.38. The van der Waals surface area contributed by atoms with E-state index in [-0.39, 0.29) is 17.7 Å². The van der Waals surface area contributed by atoms with Crippen LogP contribution in [0.5, 0.6) is 0 Å². The molecule has 0 unspecified atom stereocenters. The third kappa shape index (κ3) is 4.70. The highest BCUT2D eigenvalue weighted by atomic mass is 35.5. The Labute approximate surface area is 185 Å². The molecular weight excluding hydrogens is 414 g/mol. The van der Waals surface area contributed by atoms with Gasteiger partial charge in [0.2, 0.25) is 5.91 Å². The minimum Gasteiger partial charge on any atom is -0.339 e. The summed E-state index contributed by atoms with van der Waals surface area (Å²) in [5.74, 6) is -0.943. The summed E-state index contributed by atoms with van der Waals surface area (Å²) in [6.45, 7) is 0.983. The maximum atomic E-state index is 13.0. The molecular formula is C24H22ClN3O3. The van der Waals surface area contributed by atoms with Crippen molar-refractivity contribution in [3.05, 3.63) is 82.9 Å². The van der Waals surface area contributed by atoms with E-state index < -0.39 is 5.91 Å². The molecule has 31 heavy (non-hydrogen) atoms. The molecule has 158 valence electrons. The van der Waals surface area contributed by atoms with E-state index >= 15 is 0 Å². The molecule has 3 aromatic rings. The van der Waals surface area contributed by atoms with Crippen molar-refractivity contribution in [2.24, 2.45) is 5.92 Å². The smallest absolute Gasteiger partial charge is 0.269 e. The van der Waals surface area contributed by atoms with Crippen molar-refractivity contribution in [3.63, 3.8) is 0 Å². The number of halogens is 1. The third-order valence-corrected chi connectivity index (χ3v) is 5.83. The van der Waals surface area contributed by atoms with Crippen molar-refractivity contribution in [2.45, 2.75) is 12.8 Å². The van der Waals surface area contributed by atoms with E-state index in [9.17, 15) is 14.4 Å². The number of nitrogens with zero attached hydrogens (tertiary/aromatic N) is 1. The summed E-state index contributed by atoms with van der Waals surface area (Å²) in [5, 5.41) is 2.49. The highest BCUT2D eigenvalue weighted by Gasteiger charge is 2.28. The van der Waals surface area contributed by atoms with Crippen LogP contribution in [0.15, 0.2) is 66.7 Å². The SMILES string of the molecule is O=C(NNC(=O)C1CCN(C(=O)c2cccc3ccccc23)CC1)c1ccc(Cl)cc1. The number of nitrogens with one attached hydrogen (secondary N) is 2. The van der Waals surface area contributed by atoms with Gasteiger partial charge in [-0.3, -0.25) is 25.2 Å². The predicted molar refractivity (Wildman–Crippen MR) is 120 cm³/mol. The molecule has 1 saturated heterocycles. The number of likely N-dealkylation sites (tertiary alicyclic amines) is 1. The molecule has 0 spiro atoms. The summed E-state index contributed by atoms with van der Waals surface area (Å²) in [6.07, 6.45) is 1.08. The fraction of sp³-hybridized carbons (Fsp3) is 0.208. The Morgan fingerprint density at radius 3 is 2.26 bits per heavy atom. The van der Waals surface area contributed by atoms with Crippen molar-refractivity contribution in [2.75, 3.05) is 13.1 Å². The lowest BCUT2D eigenvalue weighted by Gasteiger charge is -2.31. The lowest BCUT2D eigenvalue weighted by atomic mass is 9.95. The van der Waals surface area contributed by atoms with Gasteiger partial charge >= 0.3 is 0 Å². The Balaban J connectivity index is 1.31. The standard InChI is InChI=1S/C24H22ClN3O3/c25-19-10-8-17(9-11-19)22(29)26-27-23(30)18-12-14-28(15-13-18)24(31)21-7-3-5-16-4-1-2-6-20(16)21/h1-11,18H,12-15H2,(H,26,29)(H,27,30). The van der Waals surface area contributed by atoms with Gasteiger partial charge in [-0.2, -0.15) is 0 Å². The molecule has 0 atom stereocenters. The molecule has 3 aromatic carbocycles. The van der Waals surface area contributed by atoms with Crippen LogP contribution < -0.4 is 10.9 Å². The number of carbonyl (C=O) groups excluding carboxylic acids is 3. The zero-order valence-corrected chi connectivity index (χ0v) is 17.6. The number of hydrogen-bond acceptors (Lipinski definition) is 3. The maximum absolute atomic E-state index is 13.0. The second-order valence-corrected chi connectivity index (χ2v) is 7.98. The first-order valence-electron chi connectivity index (χ1n) is 10.2. The van der Waals surface area contributed by atoms with Crippen LogP contribution in [0.1, 0.15) is 33.6 Å². The van der Waals surface area contributed by atoms with Crippen molar-refractivity contribution < 1.29 is 14.4 Å². The number of benzene rings is 3. The molecule has 6 nitrogen and oxygen atoms in total. The van der Waals surface area contributed by atoms with Gasteiger partial charge in [0.15, 0.2) is 0 Å². The number of hydrogen-bond donors (Lipinski definition) is 2. The molecule has 2 N–H and O–H groups in total. The van der Waals surface area contributed by atoms with Crippen molar-refractivity contribution >= 4 is 40.1 Å². The Kier molecular flexibility index (Phi) is 6.18. The van der Waals surface area contributed by atoms with Gasteiger partial charge in [0.25, 0.3) is 11.8 Å². The lowest BCUT2D eigenvalue weighted by Crippen LogP contribution is -2.48. The van der Waals surface area contributed by atoms with Crippen molar-refractivity contribution in [3.8, 4) is 0 Å². The molecule has 1 aliphatic heterocycles. The number of carbonyl (C=O) groups is 3. The first-order chi connectivity index (χ1) is 15.0. The molecule has 0 bridgehead atoms. The summed E-state index contributed by atoms with van der Waals surface area (Å²) in [4.78, 5) is 39.4. The normalized spacial score (nSPS) is 14.3. The molecule has 4 rings (SSSR count). The summed E-state index contributed by atoms with van der Waals surface area (Å²) >= 11 is 5.82. The van der Waals surface area contributed by atoms with Crippen LogP contribution in [0.3, 0.4) is 0 Å². The van der Waals surface area contributed by atoms with Crippen LogP contribution in [0.4, 0.5) is 0 Å². The third-order valence-electron chi connectivity index (χ3n) is 5.58. The fourth-order valence-electron chi connectivity index (χ4n) is 3.82. The van der Waals surface area contributed by atoms with E-state index in [0.29, 0.717) is 42.1 Å². The minimum absolute atomic E-state index is 0.0216. The van der Waals surface area contributed by atoms with E-state index in [1.807, 2.05) is 42.5 Å². The van der Waals surface area contributed by atoms with Gasteiger partial charge in [0.1, 0.15) is 0 Å². The number of rotatable bonds is 3. The van der Waals surface area contributed by atoms with Gasteiger partial charge < -0.3 is 4.90 Å². The number of fused-ring (bicyclic) bond motifs is 1. The number of piperidine rings is 1. The molecule has 0 aliphatic carbocycles. The Bertz CT molecular complexity index is 1120. The maximum Gasteiger partial charge on any atom is 0.269 e. The monoisotopic (exact) mass is 435 g/mol. The zero-order valence-electron chi connectivity index (χ0n) is 16.8. The molecule has 7 heteroatoms. The van der Waals surface area contributed by atoms with E-state index in [4.69, 9.17) is 11.6 Å². The van der Waals surface area contributed by atoms with Gasteiger partial charge in [-0.05, 0) is 53.9 Å². The van der Waals surface area contributed by atoms with E-state index in [1.54, 1.807) is 29.2 Å². The molecule has 1 heterocycles. The van der Waals surface area contributed by atoms with E-state index in [2.05, 4.69) is 10.9 Å². The summed E-state index contributed by atoms with van der Waals surface area (Å²) in [6, 6.07) is 19.9. The quantitative estimate of drug-likeness (QED) is 0.614. The average molecular weight is 436 g/mol. The van der Waals surface area contributed by atoms with Crippen molar-refractivity contribution in [1.29, 1.82) is 0 Å². The van der Waals surface area contributed by atoms with Gasteiger partial charge in [0, 0.05) is 35.2 Å². The van der Waals surface area contributed by atoms with Gasteiger partial charge in [-0.1, -0.05) is 48.0 Å². The second-order valence-electron chi connectivity index (χ2n) is 7.54. The Morgan fingerprint density at radius 1 is 0.839 bits per heavy atom. The van der Waals surface area contributed by atoms with Crippen LogP contribution in [0, 0.1) is 5.92 Å². The molecule has 0 saturated carbocycles. The summed E-state index contributed by atoms with van der Waals surface area (Å²) in [7, 11) is 0. The first-order valence-corrected chi connectivity index (χ1v) is 10.5. The van der Waals surface area contributed by atoms with Gasteiger partial charge in [-0.25, -0.2) is 0 Å².